The molecule has 3 nitrogen and oxygen atoms in total. The minimum absolute atomic E-state index is 0.300. The molecule has 26 heavy (non-hydrogen) atoms. The van der Waals surface area contributed by atoms with Gasteiger partial charge in [0, 0.05) is 12.0 Å². The van der Waals surface area contributed by atoms with Crippen LogP contribution in [0.5, 0.6) is 11.5 Å². The Hall–Kier alpha value is -2.80. The standard InChI is InChI=1S/C22H23FO3/c1-4-6-7-8-21(24)26-22(3,5-2)17-9-13-19(14-10-17)25-20-15-11-18(23)12-16-20/h2,9-16H,4,6-8H2,1,3H3. The first-order chi connectivity index (χ1) is 12.5. The summed E-state index contributed by atoms with van der Waals surface area (Å²) < 4.78 is 24.1. The van der Waals surface area contributed by atoms with Crippen molar-refractivity contribution in [3.05, 3.63) is 59.9 Å². The first-order valence-corrected chi connectivity index (χ1v) is 8.70. The van der Waals surface area contributed by atoms with Crippen molar-refractivity contribution in [3.8, 4) is 23.8 Å². The predicted molar refractivity (Wildman–Crippen MR) is 99.3 cm³/mol. The van der Waals surface area contributed by atoms with E-state index in [1.54, 1.807) is 43.3 Å². The van der Waals surface area contributed by atoms with Crippen LogP contribution in [0.2, 0.25) is 0 Å². The summed E-state index contributed by atoms with van der Waals surface area (Å²) in [5.74, 6) is 3.05. The van der Waals surface area contributed by atoms with Crippen molar-refractivity contribution in [3.63, 3.8) is 0 Å². The predicted octanol–water partition coefficient (Wildman–Crippen LogP) is 5.59. The molecule has 0 aliphatic heterocycles. The number of halogens is 1. The van der Waals surface area contributed by atoms with Gasteiger partial charge in [-0.3, -0.25) is 4.79 Å². The number of carbonyl (C=O) groups is 1. The maximum atomic E-state index is 12.9. The van der Waals surface area contributed by atoms with E-state index in [-0.39, 0.29) is 11.8 Å². The first-order valence-electron chi connectivity index (χ1n) is 8.70. The molecule has 1 atom stereocenters. The lowest BCUT2D eigenvalue weighted by molar-refractivity contribution is -0.154. The Labute approximate surface area is 154 Å². The fourth-order valence-corrected chi connectivity index (χ4v) is 2.45. The third-order valence-corrected chi connectivity index (χ3v) is 4.03. The Morgan fingerprint density at radius 2 is 1.65 bits per heavy atom. The minimum Gasteiger partial charge on any atom is -0.457 e. The Morgan fingerprint density at radius 1 is 1.08 bits per heavy atom. The van der Waals surface area contributed by atoms with E-state index >= 15 is 0 Å². The van der Waals surface area contributed by atoms with E-state index < -0.39 is 5.60 Å². The number of hydrogen-bond acceptors (Lipinski definition) is 3. The lowest BCUT2D eigenvalue weighted by Crippen LogP contribution is -2.27. The second-order valence-electron chi connectivity index (χ2n) is 6.19. The van der Waals surface area contributed by atoms with Crippen LogP contribution in [0, 0.1) is 18.2 Å². The molecule has 0 spiro atoms. The minimum atomic E-state index is -1.13. The highest BCUT2D eigenvalue weighted by molar-refractivity contribution is 5.70. The number of carbonyl (C=O) groups excluding carboxylic acids is 1. The summed E-state index contributed by atoms with van der Waals surface area (Å²) >= 11 is 0. The quantitative estimate of drug-likeness (QED) is 0.352. The van der Waals surface area contributed by atoms with Crippen LogP contribution < -0.4 is 4.74 Å². The van der Waals surface area contributed by atoms with E-state index in [1.807, 2.05) is 0 Å². The van der Waals surface area contributed by atoms with Crippen molar-refractivity contribution in [2.75, 3.05) is 0 Å². The molecule has 4 heteroatoms. The third kappa shape index (κ3) is 5.35. The number of rotatable bonds is 8. The molecule has 2 aromatic carbocycles. The van der Waals surface area contributed by atoms with E-state index in [4.69, 9.17) is 15.9 Å². The molecular formula is C22H23FO3. The summed E-state index contributed by atoms with van der Waals surface area (Å²) in [7, 11) is 0. The molecule has 0 fully saturated rings. The van der Waals surface area contributed by atoms with Crippen LogP contribution in [0.1, 0.15) is 45.1 Å². The average molecular weight is 354 g/mol. The molecule has 0 radical (unpaired) electrons. The molecular weight excluding hydrogens is 331 g/mol. The molecule has 0 aliphatic carbocycles. The highest BCUT2D eigenvalue weighted by Gasteiger charge is 2.28. The second kappa shape index (κ2) is 9.05. The molecule has 2 aromatic rings. The van der Waals surface area contributed by atoms with Crippen molar-refractivity contribution >= 4 is 5.97 Å². The van der Waals surface area contributed by atoms with Gasteiger partial charge in [0.15, 0.2) is 5.60 Å². The van der Waals surface area contributed by atoms with Crippen LogP contribution in [-0.4, -0.2) is 5.97 Å². The van der Waals surface area contributed by atoms with Crippen LogP contribution in [0.25, 0.3) is 0 Å². The van der Waals surface area contributed by atoms with E-state index in [2.05, 4.69) is 12.8 Å². The summed E-state index contributed by atoms with van der Waals surface area (Å²) in [6.45, 7) is 3.77. The zero-order chi connectivity index (χ0) is 19.0. The topological polar surface area (TPSA) is 35.5 Å². The highest BCUT2D eigenvalue weighted by atomic mass is 19.1. The van der Waals surface area contributed by atoms with Gasteiger partial charge in [0.25, 0.3) is 0 Å². The number of esters is 1. The van der Waals surface area contributed by atoms with Crippen molar-refractivity contribution in [1.82, 2.24) is 0 Å². The van der Waals surface area contributed by atoms with Gasteiger partial charge in [-0.2, -0.15) is 0 Å². The van der Waals surface area contributed by atoms with Gasteiger partial charge >= 0.3 is 5.97 Å². The Balaban J connectivity index is 2.05. The molecule has 0 aromatic heterocycles. The summed E-state index contributed by atoms with van der Waals surface area (Å²) in [4.78, 5) is 12.0. The lowest BCUT2D eigenvalue weighted by atomic mass is 9.96. The van der Waals surface area contributed by atoms with E-state index in [0.717, 1.165) is 19.3 Å². The smallest absolute Gasteiger partial charge is 0.307 e. The maximum Gasteiger partial charge on any atom is 0.307 e. The van der Waals surface area contributed by atoms with Crippen molar-refractivity contribution in [2.24, 2.45) is 0 Å². The summed E-state index contributed by atoms with van der Waals surface area (Å²) in [6.07, 6.45) is 8.79. The van der Waals surface area contributed by atoms with Crippen LogP contribution in [0.15, 0.2) is 48.5 Å². The largest absolute Gasteiger partial charge is 0.457 e. The van der Waals surface area contributed by atoms with Crippen molar-refractivity contribution in [2.45, 2.75) is 45.1 Å². The van der Waals surface area contributed by atoms with Crippen LogP contribution in [0.4, 0.5) is 4.39 Å². The van der Waals surface area contributed by atoms with E-state index in [9.17, 15) is 9.18 Å². The number of unbranched alkanes of at least 4 members (excludes halogenated alkanes) is 2. The molecule has 0 saturated heterocycles. The Kier molecular flexibility index (Phi) is 6.80. The van der Waals surface area contributed by atoms with E-state index in [0.29, 0.717) is 23.5 Å². The third-order valence-electron chi connectivity index (χ3n) is 4.03. The van der Waals surface area contributed by atoms with Crippen LogP contribution >= 0.6 is 0 Å². The van der Waals surface area contributed by atoms with Gasteiger partial charge in [0.2, 0.25) is 0 Å². The Morgan fingerprint density at radius 3 is 2.19 bits per heavy atom. The molecule has 0 amide bonds. The summed E-state index contributed by atoms with van der Waals surface area (Å²) in [6, 6.07) is 12.8. The molecule has 0 saturated carbocycles. The SMILES string of the molecule is C#CC(C)(OC(=O)CCCCC)c1ccc(Oc2ccc(F)cc2)cc1. The highest BCUT2D eigenvalue weighted by Crippen LogP contribution is 2.29. The van der Waals surface area contributed by atoms with Gasteiger partial charge in [-0.1, -0.05) is 37.8 Å². The van der Waals surface area contributed by atoms with Crippen molar-refractivity contribution in [1.29, 1.82) is 0 Å². The maximum absolute atomic E-state index is 12.9. The fourth-order valence-electron chi connectivity index (χ4n) is 2.45. The van der Waals surface area contributed by atoms with Gasteiger partial charge in [-0.05, 0) is 49.7 Å². The van der Waals surface area contributed by atoms with Crippen molar-refractivity contribution < 1.29 is 18.7 Å². The molecule has 0 heterocycles. The average Bonchev–Trinajstić information content (AvgIpc) is 2.64. The number of ether oxygens (including phenoxy) is 2. The Bertz CT molecular complexity index is 759. The van der Waals surface area contributed by atoms with Crippen LogP contribution in [0.3, 0.4) is 0 Å². The summed E-state index contributed by atoms with van der Waals surface area (Å²) in [5.41, 5.74) is -0.437. The molecule has 0 bridgehead atoms. The lowest BCUT2D eigenvalue weighted by Gasteiger charge is -2.24. The second-order valence-corrected chi connectivity index (χ2v) is 6.19. The molecule has 0 aliphatic rings. The van der Waals surface area contributed by atoms with Gasteiger partial charge in [0.1, 0.15) is 17.3 Å². The zero-order valence-electron chi connectivity index (χ0n) is 15.1. The first kappa shape index (κ1) is 19.5. The molecule has 1 unspecified atom stereocenters. The molecule has 0 N–H and O–H groups in total. The monoisotopic (exact) mass is 354 g/mol. The summed E-state index contributed by atoms with van der Waals surface area (Å²) in [5, 5.41) is 0. The molecule has 2 rings (SSSR count). The van der Waals surface area contributed by atoms with E-state index in [1.165, 1.54) is 12.1 Å². The zero-order valence-corrected chi connectivity index (χ0v) is 15.1. The van der Waals surface area contributed by atoms with Crippen LogP contribution in [-0.2, 0) is 15.1 Å². The van der Waals surface area contributed by atoms with Gasteiger partial charge in [-0.25, -0.2) is 4.39 Å². The fraction of sp³-hybridized carbons (Fsp3) is 0.318. The normalized spacial score (nSPS) is 12.7. The van der Waals surface area contributed by atoms with Gasteiger partial charge < -0.3 is 9.47 Å². The molecule has 136 valence electrons. The number of hydrogen-bond donors (Lipinski definition) is 0. The number of benzene rings is 2. The van der Waals surface area contributed by atoms with Gasteiger partial charge in [-0.15, -0.1) is 6.42 Å². The number of terminal acetylenes is 1. The van der Waals surface area contributed by atoms with Gasteiger partial charge in [0.05, 0.1) is 0 Å².